The summed E-state index contributed by atoms with van der Waals surface area (Å²) >= 11 is 0. The van der Waals surface area contributed by atoms with Gasteiger partial charge in [-0.3, -0.25) is 4.98 Å². The van der Waals surface area contributed by atoms with Crippen molar-refractivity contribution in [1.29, 1.82) is 0 Å². The first-order valence-electron chi connectivity index (χ1n) is 5.85. The van der Waals surface area contributed by atoms with Gasteiger partial charge >= 0.3 is 0 Å². The fraction of sp³-hybridized carbons (Fsp3) is 0.267. The summed E-state index contributed by atoms with van der Waals surface area (Å²) < 4.78 is 5.75. The summed E-state index contributed by atoms with van der Waals surface area (Å²) in [5, 5.41) is 0. The number of nitrogens with zero attached hydrogens (tertiary/aromatic N) is 1. The van der Waals surface area contributed by atoms with Crippen LogP contribution in [0.25, 0.3) is 0 Å². The van der Waals surface area contributed by atoms with E-state index in [1.54, 1.807) is 18.3 Å². The van der Waals surface area contributed by atoms with Crippen LogP contribution in [0.4, 0.5) is 0 Å². The van der Waals surface area contributed by atoms with Crippen molar-refractivity contribution in [3.8, 4) is 5.75 Å². The minimum Gasteiger partial charge on any atom is -0.489 e. The van der Waals surface area contributed by atoms with Crippen molar-refractivity contribution in [3.63, 3.8) is 0 Å². The van der Waals surface area contributed by atoms with Gasteiger partial charge in [0.25, 0.3) is 0 Å². The Labute approximate surface area is 109 Å². The maximum atomic E-state index is 6.03. The molecule has 3 heteroatoms. The van der Waals surface area contributed by atoms with E-state index in [2.05, 4.69) is 18.1 Å². The summed E-state index contributed by atoms with van der Waals surface area (Å²) in [7, 11) is 0. The van der Waals surface area contributed by atoms with Crippen LogP contribution in [0.15, 0.2) is 49.2 Å². The van der Waals surface area contributed by atoms with Crippen LogP contribution in [0, 0.1) is 13.8 Å². The van der Waals surface area contributed by atoms with Crippen LogP contribution in [0.2, 0.25) is 0 Å². The Morgan fingerprint density at radius 2 is 2.22 bits per heavy atom. The highest BCUT2D eigenvalue weighted by Gasteiger charge is 2.10. The Bertz CT molecular complexity index is 443. The van der Waals surface area contributed by atoms with Crippen molar-refractivity contribution < 1.29 is 4.74 Å². The van der Waals surface area contributed by atoms with Gasteiger partial charge in [0.05, 0.1) is 11.7 Å². The lowest BCUT2D eigenvalue weighted by atomic mass is 10.1. The predicted octanol–water partition coefficient (Wildman–Crippen LogP) is 2.70. The molecule has 0 bridgehead atoms. The molecule has 0 aliphatic heterocycles. The van der Waals surface area contributed by atoms with E-state index in [1.807, 2.05) is 26.0 Å². The van der Waals surface area contributed by atoms with Gasteiger partial charge in [0, 0.05) is 6.20 Å². The molecule has 1 aromatic heterocycles. The molecule has 0 saturated heterocycles. The first kappa shape index (κ1) is 14.2. The third-order valence-corrected chi connectivity index (χ3v) is 2.66. The zero-order chi connectivity index (χ0) is 13.5. The van der Waals surface area contributed by atoms with Gasteiger partial charge in [-0.1, -0.05) is 31.4 Å². The van der Waals surface area contributed by atoms with Gasteiger partial charge in [-0.15, -0.1) is 0 Å². The summed E-state index contributed by atoms with van der Waals surface area (Å²) in [6.45, 7) is 11.7. The van der Waals surface area contributed by atoms with E-state index in [4.69, 9.17) is 10.5 Å². The van der Waals surface area contributed by atoms with Crippen molar-refractivity contribution in [1.82, 2.24) is 4.98 Å². The van der Waals surface area contributed by atoms with E-state index in [9.17, 15) is 0 Å². The van der Waals surface area contributed by atoms with Crippen molar-refractivity contribution >= 4 is 0 Å². The van der Waals surface area contributed by atoms with Crippen LogP contribution >= 0.6 is 0 Å². The third-order valence-electron chi connectivity index (χ3n) is 2.66. The fourth-order valence-corrected chi connectivity index (χ4v) is 1.65. The molecule has 0 radical (unpaired) electrons. The Kier molecular flexibility index (Phi) is 5.33. The van der Waals surface area contributed by atoms with Gasteiger partial charge in [0.1, 0.15) is 12.4 Å². The number of rotatable bonds is 6. The van der Waals surface area contributed by atoms with Crippen molar-refractivity contribution in [3.05, 3.63) is 60.5 Å². The number of aromatic nitrogens is 1. The average Bonchev–Trinajstić information content (AvgIpc) is 2.35. The molecule has 1 unspecified atom stereocenters. The topological polar surface area (TPSA) is 48.1 Å². The first-order chi connectivity index (χ1) is 8.60. The monoisotopic (exact) mass is 244 g/mol. The first-order valence-corrected chi connectivity index (χ1v) is 5.85. The molecule has 0 aliphatic carbocycles. The molecule has 0 saturated carbocycles. The van der Waals surface area contributed by atoms with Crippen molar-refractivity contribution in [2.45, 2.75) is 19.9 Å². The van der Waals surface area contributed by atoms with Crippen LogP contribution in [0.1, 0.15) is 11.3 Å². The predicted molar refractivity (Wildman–Crippen MR) is 75.7 cm³/mol. The number of hydrogen-bond donors (Lipinski definition) is 1. The quantitative estimate of drug-likeness (QED) is 0.783. The fourth-order valence-electron chi connectivity index (χ4n) is 1.65. The highest BCUT2D eigenvalue weighted by Crippen LogP contribution is 2.20. The molecule has 0 amide bonds. The molecule has 96 valence electrons. The van der Waals surface area contributed by atoms with E-state index in [0.717, 1.165) is 22.6 Å². The molecule has 1 rings (SSSR count). The Morgan fingerprint density at radius 3 is 2.78 bits per heavy atom. The second-order valence-corrected chi connectivity index (χ2v) is 4.07. The van der Waals surface area contributed by atoms with E-state index in [-0.39, 0.29) is 6.04 Å². The zero-order valence-electron chi connectivity index (χ0n) is 11.0. The van der Waals surface area contributed by atoms with Crippen LogP contribution in [-0.4, -0.2) is 17.6 Å². The van der Waals surface area contributed by atoms with Crippen LogP contribution in [-0.2, 0) is 0 Å². The van der Waals surface area contributed by atoms with Gasteiger partial charge in [0.2, 0.25) is 0 Å². The Hall–Kier alpha value is -1.87. The number of nitrogens with two attached hydrogens (primary N) is 1. The maximum absolute atomic E-state index is 6.03. The third kappa shape index (κ3) is 3.57. The molecular weight excluding hydrogens is 224 g/mol. The molecule has 1 heterocycles. The number of aryl methyl sites for hydroxylation is 2. The molecule has 0 spiro atoms. The highest BCUT2D eigenvalue weighted by molar-refractivity contribution is 5.35. The second kappa shape index (κ2) is 6.77. The lowest BCUT2D eigenvalue weighted by molar-refractivity contribution is 0.298. The minimum atomic E-state index is -0.223. The number of allylic oxidation sites excluding steroid dienone is 2. The summed E-state index contributed by atoms with van der Waals surface area (Å²) in [6.07, 6.45) is 7.02. The van der Waals surface area contributed by atoms with E-state index in [0.29, 0.717) is 6.61 Å². The van der Waals surface area contributed by atoms with Crippen LogP contribution in [0.3, 0.4) is 0 Å². The largest absolute Gasteiger partial charge is 0.489 e. The molecule has 18 heavy (non-hydrogen) atoms. The molecule has 3 nitrogen and oxygen atoms in total. The van der Waals surface area contributed by atoms with Crippen LogP contribution in [0.5, 0.6) is 5.75 Å². The van der Waals surface area contributed by atoms with E-state index in [1.165, 1.54) is 0 Å². The summed E-state index contributed by atoms with van der Waals surface area (Å²) in [6, 6.07) is 1.70. The number of pyridine rings is 1. The molecule has 2 N–H and O–H groups in total. The SMILES string of the molecule is C=C/C=C(\C=C)C(N)COc1c(C)ccnc1C. The smallest absolute Gasteiger partial charge is 0.143 e. The Morgan fingerprint density at radius 1 is 1.50 bits per heavy atom. The maximum Gasteiger partial charge on any atom is 0.143 e. The normalized spacial score (nSPS) is 12.9. The van der Waals surface area contributed by atoms with Gasteiger partial charge in [-0.2, -0.15) is 0 Å². The molecule has 0 fully saturated rings. The van der Waals surface area contributed by atoms with Gasteiger partial charge in [-0.05, 0) is 31.1 Å². The van der Waals surface area contributed by atoms with Crippen LogP contribution < -0.4 is 10.5 Å². The second-order valence-electron chi connectivity index (χ2n) is 4.07. The van der Waals surface area contributed by atoms with Gasteiger partial charge in [-0.25, -0.2) is 0 Å². The molecule has 1 aromatic rings. The zero-order valence-corrected chi connectivity index (χ0v) is 11.0. The van der Waals surface area contributed by atoms with Crippen molar-refractivity contribution in [2.24, 2.45) is 5.73 Å². The Balaban J connectivity index is 2.73. The highest BCUT2D eigenvalue weighted by atomic mass is 16.5. The molecule has 0 aliphatic rings. The standard InChI is InChI=1S/C15H20N2O/c1-5-7-13(6-2)14(16)10-18-15-11(3)8-9-17-12(15)4/h5-9,14H,1-2,10,16H2,3-4H3/b13-7+. The van der Waals surface area contributed by atoms with Crippen molar-refractivity contribution in [2.75, 3.05) is 6.61 Å². The molecule has 0 aromatic carbocycles. The lowest BCUT2D eigenvalue weighted by Gasteiger charge is -2.16. The molecular formula is C15H20N2O. The summed E-state index contributed by atoms with van der Waals surface area (Å²) in [5.74, 6) is 0.801. The van der Waals surface area contributed by atoms with E-state index >= 15 is 0 Å². The minimum absolute atomic E-state index is 0.223. The van der Waals surface area contributed by atoms with Gasteiger partial charge < -0.3 is 10.5 Å². The average molecular weight is 244 g/mol. The lowest BCUT2D eigenvalue weighted by Crippen LogP contribution is -2.29. The summed E-state index contributed by atoms with van der Waals surface area (Å²) in [4.78, 5) is 4.20. The number of ether oxygens (including phenoxy) is 1. The van der Waals surface area contributed by atoms with E-state index < -0.39 is 0 Å². The number of hydrogen-bond acceptors (Lipinski definition) is 3. The molecule has 1 atom stereocenters. The summed E-state index contributed by atoms with van der Waals surface area (Å²) in [5.41, 5.74) is 8.86. The van der Waals surface area contributed by atoms with Gasteiger partial charge in [0.15, 0.2) is 0 Å².